The molecular weight excluding hydrogens is 316 g/mol. The molecule has 0 aromatic carbocycles. The zero-order chi connectivity index (χ0) is 17.8. The van der Waals surface area contributed by atoms with Gasteiger partial charge in [-0.05, 0) is 13.8 Å². The minimum atomic E-state index is -0.664. The maximum absolute atomic E-state index is 11.8. The lowest BCUT2D eigenvalue weighted by Crippen LogP contribution is -2.44. The summed E-state index contributed by atoms with van der Waals surface area (Å²) in [6.45, 7) is 4.40. The summed E-state index contributed by atoms with van der Waals surface area (Å²) >= 11 is 0. The van der Waals surface area contributed by atoms with Gasteiger partial charge >= 0.3 is 11.9 Å². The third-order valence-corrected chi connectivity index (χ3v) is 2.93. The number of hydrogen-bond donors (Lipinski definition) is 0. The molecule has 1 aliphatic heterocycles. The minimum Gasteiger partial charge on any atom is -0.463 e. The van der Waals surface area contributed by atoms with E-state index >= 15 is 0 Å². The van der Waals surface area contributed by atoms with Crippen molar-refractivity contribution in [2.45, 2.75) is 32.3 Å². The summed E-state index contributed by atoms with van der Waals surface area (Å²) in [6.07, 6.45) is 7.82. The van der Waals surface area contributed by atoms with Gasteiger partial charge in [-0.2, -0.15) is 0 Å². The van der Waals surface area contributed by atoms with E-state index in [0.717, 1.165) is 12.2 Å². The van der Waals surface area contributed by atoms with Crippen molar-refractivity contribution in [1.82, 2.24) is 0 Å². The molecule has 0 amide bonds. The van der Waals surface area contributed by atoms with Crippen LogP contribution in [0.3, 0.4) is 0 Å². The summed E-state index contributed by atoms with van der Waals surface area (Å²) in [5.41, 5.74) is 0. The number of methoxy groups -OCH3 is 1. The van der Waals surface area contributed by atoms with Crippen molar-refractivity contribution < 1.29 is 33.3 Å². The van der Waals surface area contributed by atoms with Gasteiger partial charge in [0.1, 0.15) is 6.10 Å². The zero-order valence-electron chi connectivity index (χ0n) is 14.2. The van der Waals surface area contributed by atoms with E-state index in [0.29, 0.717) is 6.61 Å². The molecule has 0 bridgehead atoms. The molecule has 0 spiro atoms. The summed E-state index contributed by atoms with van der Waals surface area (Å²) < 4.78 is 25.8. The summed E-state index contributed by atoms with van der Waals surface area (Å²) in [5, 5.41) is 0. The number of hydrogen-bond acceptors (Lipinski definition) is 7. The fraction of sp³-hybridized carbons (Fsp3) is 0.529. The van der Waals surface area contributed by atoms with Crippen LogP contribution in [0.4, 0.5) is 0 Å². The Balaban J connectivity index is 2.58. The smallest absolute Gasteiger partial charge is 0.331 e. The molecule has 0 aliphatic carbocycles. The monoisotopic (exact) mass is 340 g/mol. The molecule has 1 rings (SSSR count). The molecule has 0 aromatic heterocycles. The van der Waals surface area contributed by atoms with Crippen molar-refractivity contribution in [3.05, 3.63) is 36.5 Å². The molecule has 1 heterocycles. The molecule has 1 fully saturated rings. The lowest BCUT2D eigenvalue weighted by molar-refractivity contribution is -0.237. The topological polar surface area (TPSA) is 80.3 Å². The van der Waals surface area contributed by atoms with Crippen molar-refractivity contribution in [3.8, 4) is 0 Å². The molecule has 0 unspecified atom stereocenters. The predicted octanol–water partition coefficient (Wildman–Crippen LogP) is 1.54. The van der Waals surface area contributed by atoms with Gasteiger partial charge in [-0.3, -0.25) is 0 Å². The lowest BCUT2D eigenvalue weighted by Gasteiger charge is -2.32. The molecule has 1 aliphatic rings. The minimum absolute atomic E-state index is 0.205. The van der Waals surface area contributed by atoms with Gasteiger partial charge in [-0.25, -0.2) is 9.59 Å². The van der Waals surface area contributed by atoms with Gasteiger partial charge in [0.25, 0.3) is 0 Å². The van der Waals surface area contributed by atoms with Gasteiger partial charge < -0.3 is 23.7 Å². The van der Waals surface area contributed by atoms with Crippen molar-refractivity contribution in [2.24, 2.45) is 0 Å². The van der Waals surface area contributed by atoms with Crippen LogP contribution < -0.4 is 0 Å². The molecule has 0 radical (unpaired) electrons. The van der Waals surface area contributed by atoms with Crippen LogP contribution >= 0.6 is 0 Å². The first-order chi connectivity index (χ1) is 11.6. The number of carbonyl (C=O) groups is 2. The van der Waals surface area contributed by atoms with Crippen LogP contribution in [0.25, 0.3) is 0 Å². The van der Waals surface area contributed by atoms with E-state index in [-0.39, 0.29) is 13.2 Å². The van der Waals surface area contributed by atoms with Crippen LogP contribution in [-0.4, -0.2) is 57.4 Å². The van der Waals surface area contributed by atoms with Crippen LogP contribution in [0.5, 0.6) is 0 Å². The summed E-state index contributed by atoms with van der Waals surface area (Å²) in [5.74, 6) is -1.26. The highest BCUT2D eigenvalue weighted by Gasteiger charge is 2.30. The summed E-state index contributed by atoms with van der Waals surface area (Å²) in [7, 11) is 1.61. The van der Waals surface area contributed by atoms with E-state index in [1.165, 1.54) is 0 Å². The zero-order valence-corrected chi connectivity index (χ0v) is 14.2. The largest absolute Gasteiger partial charge is 0.463 e. The Morgan fingerprint density at radius 2 is 1.96 bits per heavy atom. The maximum Gasteiger partial charge on any atom is 0.331 e. The Bertz CT molecular complexity index is 481. The molecule has 3 atom stereocenters. The van der Waals surface area contributed by atoms with Gasteiger partial charge in [0.15, 0.2) is 12.4 Å². The SMILES string of the molecule is CCOC(=O)/C=C/C(=O)O[C@@H]1CO[C@@H](C)O[C@H]1/C=C/C=C/COC. The van der Waals surface area contributed by atoms with Gasteiger partial charge in [-0.15, -0.1) is 0 Å². The van der Waals surface area contributed by atoms with E-state index < -0.39 is 30.4 Å². The Morgan fingerprint density at radius 3 is 2.67 bits per heavy atom. The number of esters is 2. The first-order valence-electron chi connectivity index (χ1n) is 7.71. The highest BCUT2D eigenvalue weighted by Crippen LogP contribution is 2.17. The fourth-order valence-corrected chi connectivity index (χ4v) is 1.86. The van der Waals surface area contributed by atoms with E-state index in [1.54, 1.807) is 33.1 Å². The van der Waals surface area contributed by atoms with E-state index in [4.69, 9.17) is 23.7 Å². The van der Waals surface area contributed by atoms with Gasteiger partial charge in [-0.1, -0.05) is 24.3 Å². The highest BCUT2D eigenvalue weighted by molar-refractivity contribution is 5.91. The summed E-state index contributed by atoms with van der Waals surface area (Å²) in [6, 6.07) is 0. The van der Waals surface area contributed by atoms with E-state index in [1.807, 2.05) is 12.2 Å². The second kappa shape index (κ2) is 11.6. The number of carbonyl (C=O) groups excluding carboxylic acids is 2. The highest BCUT2D eigenvalue weighted by atomic mass is 16.7. The van der Waals surface area contributed by atoms with Crippen molar-refractivity contribution in [3.63, 3.8) is 0 Å². The predicted molar refractivity (Wildman–Crippen MR) is 86.1 cm³/mol. The number of ether oxygens (including phenoxy) is 5. The quantitative estimate of drug-likeness (QED) is 0.377. The molecule has 1 saturated heterocycles. The summed E-state index contributed by atoms with van der Waals surface area (Å²) in [4.78, 5) is 23.0. The average molecular weight is 340 g/mol. The van der Waals surface area contributed by atoms with Crippen molar-refractivity contribution in [2.75, 3.05) is 26.9 Å². The lowest BCUT2D eigenvalue weighted by atomic mass is 10.1. The first-order valence-corrected chi connectivity index (χ1v) is 7.71. The second-order valence-electron chi connectivity index (χ2n) is 4.83. The maximum atomic E-state index is 11.8. The Morgan fingerprint density at radius 1 is 1.21 bits per heavy atom. The normalized spacial score (nSPS) is 24.7. The third kappa shape index (κ3) is 8.05. The standard InChI is InChI=1S/C17H24O7/c1-4-21-16(18)9-10-17(19)24-15-12-22-13(2)23-14(15)8-6-5-7-11-20-3/h5-10,13-15H,4,11-12H2,1-3H3/b7-5+,8-6+,10-9+/t13-,14+,15-/m1/s1. The third-order valence-electron chi connectivity index (χ3n) is 2.93. The van der Waals surface area contributed by atoms with Crippen LogP contribution in [0.1, 0.15) is 13.8 Å². The van der Waals surface area contributed by atoms with Crippen molar-refractivity contribution >= 4 is 11.9 Å². The van der Waals surface area contributed by atoms with Crippen molar-refractivity contribution in [1.29, 1.82) is 0 Å². The molecule has 0 N–H and O–H groups in total. The molecule has 0 saturated carbocycles. The Labute approximate surface area is 141 Å². The Kier molecular flexibility index (Phi) is 9.67. The van der Waals surface area contributed by atoms with Crippen LogP contribution in [0.2, 0.25) is 0 Å². The molecule has 134 valence electrons. The van der Waals surface area contributed by atoms with Gasteiger partial charge in [0.05, 0.1) is 19.8 Å². The van der Waals surface area contributed by atoms with E-state index in [2.05, 4.69) is 0 Å². The van der Waals surface area contributed by atoms with Crippen LogP contribution in [0.15, 0.2) is 36.5 Å². The number of allylic oxidation sites excluding steroid dienone is 2. The first kappa shape index (κ1) is 20.1. The van der Waals surface area contributed by atoms with Crippen LogP contribution in [0, 0.1) is 0 Å². The van der Waals surface area contributed by atoms with Gasteiger partial charge in [0, 0.05) is 19.3 Å². The average Bonchev–Trinajstić information content (AvgIpc) is 2.55. The molecule has 7 heteroatoms. The van der Waals surface area contributed by atoms with E-state index in [9.17, 15) is 9.59 Å². The fourth-order valence-electron chi connectivity index (χ4n) is 1.86. The molecule has 0 aromatic rings. The molecular formula is C17H24O7. The Hall–Kier alpha value is -1.96. The number of rotatable bonds is 8. The van der Waals surface area contributed by atoms with Gasteiger partial charge in [0.2, 0.25) is 0 Å². The van der Waals surface area contributed by atoms with Crippen LogP contribution in [-0.2, 0) is 33.3 Å². The second-order valence-corrected chi connectivity index (χ2v) is 4.83. The molecule has 24 heavy (non-hydrogen) atoms. The molecule has 7 nitrogen and oxygen atoms in total.